The summed E-state index contributed by atoms with van der Waals surface area (Å²) in [7, 11) is 4.12. The van der Waals surface area contributed by atoms with Gasteiger partial charge < -0.3 is 40.8 Å². The van der Waals surface area contributed by atoms with Crippen molar-refractivity contribution in [2.24, 2.45) is 0 Å². The number of rotatable bonds is 21. The number of aromatic nitrogens is 24. The maximum absolute atomic E-state index is 12.6. The molecule has 0 unspecified atom stereocenters. The number of imidazole rings is 4. The van der Waals surface area contributed by atoms with E-state index in [0.717, 1.165) is 220 Å². The molecule has 0 bridgehead atoms. The number of amides is 2. The Morgan fingerprint density at radius 2 is 0.643 bits per heavy atom. The fourth-order valence-electron chi connectivity index (χ4n) is 17.3. The summed E-state index contributed by atoms with van der Waals surface area (Å²) in [6.45, 7) is 5.08. The van der Waals surface area contributed by atoms with Gasteiger partial charge in [-0.15, -0.1) is 45.3 Å². The van der Waals surface area contributed by atoms with E-state index < -0.39 is 0 Å². The highest BCUT2D eigenvalue weighted by Gasteiger charge is 2.25. The summed E-state index contributed by atoms with van der Waals surface area (Å²) in [5.74, 6) is 2.49. The number of fused-ring (bicyclic) bond motifs is 8. The van der Waals surface area contributed by atoms with Gasteiger partial charge in [0.1, 0.15) is 44.8 Å². The second-order valence-corrected chi connectivity index (χ2v) is 38.2. The quantitative estimate of drug-likeness (QED) is 0.0318. The molecule has 0 saturated carbocycles. The van der Waals surface area contributed by atoms with Crippen LogP contribution in [0.5, 0.6) is 0 Å². The van der Waals surface area contributed by atoms with Gasteiger partial charge in [0.05, 0.1) is 105 Å². The third kappa shape index (κ3) is 18.6. The van der Waals surface area contributed by atoms with E-state index in [2.05, 4.69) is 239 Å². The van der Waals surface area contributed by atoms with E-state index >= 15 is 0 Å². The molecule has 20 heterocycles. The molecule has 34 heteroatoms. The standard InChI is InChI=1S/C30H21N7OS.C29H19N7OS.2C25H21N7S/c38-27(11-18-5-2-1-3-6-18)33-21-12-20(14-31-15-21)19-8-9-24-22(13-19)29(37-36-24)30-34-25-17-32-16-23(28(25)35-30)26-7-4-10-39-26;37-29(17-5-2-1-3-6-17)32-20-11-19(13-30-14-20)18-8-9-23-21(12-18)27(36-35-23)28-33-24-16-31-15-22(26(24)34-28)25-7-4-10-38-25;1-32(2)14-15-8-17(11-26-10-15)16-5-6-20-18(9-16)24(31-30-20)25-28-21-13-27-12-19(23(21)29-25)22-4-3-7-33-22;1-14(2)28-17-8-16(10-26-11-17)15-5-6-20-18(9-15)24(32-31-20)25-29-21-13-27-12-19(23(21)30-25)22-4-3-7-33-22/h1-10,12-17H,11H2,(H,33,38)(H,34,35)(H,36,37);1-16H,(H,32,37)(H,33,34)(H,35,36);3-13H,14H2,1-2H3,(H,28,29)(H,30,31);3-14,28H,1-2H3,(H,29,30)(H,31,32). The van der Waals surface area contributed by atoms with Crippen LogP contribution in [0.25, 0.3) is 220 Å². The predicted octanol–water partition coefficient (Wildman–Crippen LogP) is 24.5. The Bertz CT molecular complexity index is 8870. The van der Waals surface area contributed by atoms with Crippen LogP contribution in [-0.4, -0.2) is 157 Å². The van der Waals surface area contributed by atoms with E-state index in [4.69, 9.17) is 19.9 Å². The van der Waals surface area contributed by atoms with E-state index in [1.54, 1.807) is 94.7 Å². The minimum atomic E-state index is -0.182. The number of aromatic amines is 8. The number of hydrogen-bond donors (Lipinski definition) is 11. The summed E-state index contributed by atoms with van der Waals surface area (Å²) in [5, 5.41) is 52.2. The largest absolute Gasteiger partial charge is 0.382 e. The zero-order chi connectivity index (χ0) is 96.4. The number of thiophene rings is 4. The Balaban J connectivity index is 0.000000106. The summed E-state index contributed by atoms with van der Waals surface area (Å²) in [6.07, 6.45) is 29.3. The highest BCUT2D eigenvalue weighted by atomic mass is 32.1. The van der Waals surface area contributed by atoms with Gasteiger partial charge in [-0.2, -0.15) is 20.4 Å². The molecule has 6 aromatic carbocycles. The van der Waals surface area contributed by atoms with E-state index in [1.165, 1.54) is 5.56 Å². The fraction of sp³-hybridized carbons (Fsp3) is 0.0642. The van der Waals surface area contributed by atoms with Crippen molar-refractivity contribution in [1.82, 2.24) is 125 Å². The van der Waals surface area contributed by atoms with Crippen molar-refractivity contribution in [1.29, 1.82) is 0 Å². The van der Waals surface area contributed by atoms with E-state index in [-0.39, 0.29) is 11.8 Å². The zero-order valence-corrected chi connectivity index (χ0v) is 80.0. The lowest BCUT2D eigenvalue weighted by atomic mass is 10.0. The van der Waals surface area contributed by atoms with Crippen LogP contribution in [-0.2, 0) is 17.8 Å². The third-order valence-electron chi connectivity index (χ3n) is 24.0. The lowest BCUT2D eigenvalue weighted by Crippen LogP contribution is -2.14. The van der Waals surface area contributed by atoms with Crippen LogP contribution < -0.4 is 16.0 Å². The van der Waals surface area contributed by atoms with Crippen molar-refractivity contribution in [3.8, 4) is 132 Å². The average Bonchev–Trinajstić information content (AvgIpc) is 1.63. The first-order valence-electron chi connectivity index (χ1n) is 45.6. The van der Waals surface area contributed by atoms with E-state index in [1.807, 2.05) is 188 Å². The Kier molecular flexibility index (Phi) is 24.2. The number of carbonyl (C=O) groups excluding carboxylic acids is 2. The molecule has 20 aromatic heterocycles. The number of H-pyrrole nitrogens is 8. The molecule has 0 saturated heterocycles. The summed E-state index contributed by atoms with van der Waals surface area (Å²) >= 11 is 6.67. The van der Waals surface area contributed by atoms with Gasteiger partial charge in [-0.25, -0.2) is 19.9 Å². The molecule has 0 aliphatic heterocycles. The second-order valence-electron chi connectivity index (χ2n) is 34.5. The lowest BCUT2D eigenvalue weighted by Gasteiger charge is -2.11. The lowest BCUT2D eigenvalue weighted by molar-refractivity contribution is -0.115. The van der Waals surface area contributed by atoms with Crippen molar-refractivity contribution in [3.63, 3.8) is 0 Å². The maximum atomic E-state index is 12.6. The number of carbonyl (C=O) groups is 2. The number of benzene rings is 6. The molecule has 0 spiro atoms. The minimum Gasteiger partial charge on any atom is -0.382 e. The van der Waals surface area contributed by atoms with Gasteiger partial charge in [0.15, 0.2) is 23.3 Å². The van der Waals surface area contributed by atoms with Gasteiger partial charge in [0.25, 0.3) is 5.91 Å². The Morgan fingerprint density at radius 1 is 0.315 bits per heavy atom. The van der Waals surface area contributed by atoms with Gasteiger partial charge >= 0.3 is 0 Å². The topological polar surface area (TPSA) is 406 Å². The molecule has 30 nitrogen and oxygen atoms in total. The number of hydrogen-bond acceptors (Lipinski definition) is 24. The Morgan fingerprint density at radius 3 is 0.993 bits per heavy atom. The molecule has 694 valence electrons. The van der Waals surface area contributed by atoms with Crippen LogP contribution in [0.2, 0.25) is 0 Å². The fourth-order valence-corrected chi connectivity index (χ4v) is 20.3. The molecular weight excluding hydrogens is 1860 g/mol. The molecule has 26 rings (SSSR count). The van der Waals surface area contributed by atoms with E-state index in [0.29, 0.717) is 46.9 Å². The summed E-state index contributed by atoms with van der Waals surface area (Å²) in [5.41, 5.74) is 30.7. The van der Waals surface area contributed by atoms with Crippen molar-refractivity contribution >= 4 is 162 Å². The highest BCUT2D eigenvalue weighted by molar-refractivity contribution is 7.14. The zero-order valence-electron chi connectivity index (χ0n) is 76.7. The first-order chi connectivity index (χ1) is 70.2. The van der Waals surface area contributed by atoms with Crippen LogP contribution in [0, 0.1) is 0 Å². The van der Waals surface area contributed by atoms with Crippen LogP contribution in [0.3, 0.4) is 0 Å². The van der Waals surface area contributed by atoms with Crippen molar-refractivity contribution in [2.75, 3.05) is 30.0 Å². The molecule has 0 aliphatic carbocycles. The van der Waals surface area contributed by atoms with Gasteiger partial charge in [-0.05, 0) is 192 Å². The second kappa shape index (κ2) is 39.0. The van der Waals surface area contributed by atoms with Crippen LogP contribution in [0.1, 0.15) is 35.3 Å². The van der Waals surface area contributed by atoms with Gasteiger partial charge in [-0.3, -0.25) is 69.9 Å². The summed E-state index contributed by atoms with van der Waals surface area (Å²) < 4.78 is 0. The molecular formula is C109H82N28O2S4. The first kappa shape index (κ1) is 88.7. The number of nitrogens with one attached hydrogen (secondary N) is 11. The number of pyridine rings is 8. The van der Waals surface area contributed by atoms with Crippen molar-refractivity contribution in [3.05, 3.63) is 344 Å². The van der Waals surface area contributed by atoms with Crippen molar-refractivity contribution in [2.45, 2.75) is 32.9 Å². The predicted molar refractivity (Wildman–Crippen MR) is 571 cm³/mol. The molecule has 2 amide bonds. The smallest absolute Gasteiger partial charge is 0.255 e. The van der Waals surface area contributed by atoms with E-state index in [9.17, 15) is 9.59 Å². The molecule has 0 radical (unpaired) electrons. The average molecular weight is 1940 g/mol. The number of anilines is 3. The van der Waals surface area contributed by atoms with Gasteiger partial charge in [0, 0.05) is 166 Å². The molecule has 11 N–H and O–H groups in total. The summed E-state index contributed by atoms with van der Waals surface area (Å²) in [4.78, 5) is 100. The van der Waals surface area contributed by atoms with Crippen molar-refractivity contribution < 1.29 is 9.59 Å². The number of nitrogens with zero attached hydrogens (tertiary/aromatic N) is 17. The van der Waals surface area contributed by atoms with Crippen LogP contribution in [0.15, 0.2) is 327 Å². The highest BCUT2D eigenvalue weighted by Crippen LogP contribution is 2.42. The molecule has 0 atom stereocenters. The van der Waals surface area contributed by atoms with Gasteiger partial charge in [-0.1, -0.05) is 97.1 Å². The SMILES string of the molecule is CC(C)Nc1cncc(-c2ccc3[nH]nc(-c4nc5c(-c6cccs6)cncc5[nH]4)c3c2)c1.CN(C)Cc1cncc(-c2ccc3[nH]nc(-c4nc5c(-c6cccs6)cncc5[nH]4)c3c2)c1.O=C(Cc1ccccc1)Nc1cncc(-c2ccc3[nH]nc(-c4nc5c(-c6cccs6)cncc5[nH]4)c3c2)c1.O=C(Nc1cncc(-c2ccc3[nH]nc(-c4nc5c(-c6cccs6)cncc5[nH]4)c3c2)c1)c1ccccc1. The normalized spacial score (nSPS) is 11.5. The van der Waals surface area contributed by atoms with Crippen LogP contribution in [0.4, 0.5) is 17.1 Å². The molecule has 26 aromatic rings. The Labute approximate surface area is 830 Å². The minimum absolute atomic E-state index is 0.0889. The monoisotopic (exact) mass is 1940 g/mol. The molecule has 0 fully saturated rings. The Hall–Kier alpha value is -18.2. The first-order valence-corrected chi connectivity index (χ1v) is 49.1. The molecule has 143 heavy (non-hydrogen) atoms. The summed E-state index contributed by atoms with van der Waals surface area (Å²) in [6, 6.07) is 68.3. The molecule has 0 aliphatic rings. The van der Waals surface area contributed by atoms with Crippen LogP contribution >= 0.6 is 45.3 Å². The third-order valence-corrected chi connectivity index (χ3v) is 27.6. The van der Waals surface area contributed by atoms with Gasteiger partial charge in [0.2, 0.25) is 5.91 Å². The maximum Gasteiger partial charge on any atom is 0.255 e.